The number of benzene rings is 2. The van der Waals surface area contributed by atoms with E-state index in [0.717, 1.165) is 11.1 Å². The molecule has 0 saturated carbocycles. The van der Waals surface area contributed by atoms with Crippen LogP contribution in [0.25, 0.3) is 5.95 Å². The van der Waals surface area contributed by atoms with Crippen LogP contribution in [0.1, 0.15) is 17.2 Å². The fourth-order valence-corrected chi connectivity index (χ4v) is 2.85. The molecule has 0 radical (unpaired) electrons. The lowest BCUT2D eigenvalue weighted by Crippen LogP contribution is -2.19. The van der Waals surface area contributed by atoms with Crippen LogP contribution in [0.2, 0.25) is 0 Å². The lowest BCUT2D eigenvalue weighted by molar-refractivity contribution is -0.394. The molecule has 2 heterocycles. The van der Waals surface area contributed by atoms with Gasteiger partial charge in [0.15, 0.2) is 0 Å². The zero-order valence-corrected chi connectivity index (χ0v) is 14.0. The van der Waals surface area contributed by atoms with Crippen LogP contribution in [0.5, 0.6) is 0 Å². The van der Waals surface area contributed by atoms with Gasteiger partial charge in [-0.2, -0.15) is 4.98 Å². The number of rotatable bonds is 5. The summed E-state index contributed by atoms with van der Waals surface area (Å²) in [5, 5.41) is 19.5. The second-order valence-corrected chi connectivity index (χ2v) is 5.67. The normalized spacial score (nSPS) is 11.0. The molecule has 0 spiro atoms. The molecule has 0 atom stereocenters. The fraction of sp³-hybridized carbons (Fsp3) is 0.0588. The van der Waals surface area contributed by atoms with Crippen LogP contribution in [-0.4, -0.2) is 34.5 Å². The Bertz CT molecular complexity index is 1040. The summed E-state index contributed by atoms with van der Waals surface area (Å²) < 4.78 is 2.66. The molecule has 0 bridgehead atoms. The average Bonchev–Trinajstić information content (AvgIpc) is 3.30. The zero-order valence-electron chi connectivity index (χ0n) is 14.0. The van der Waals surface area contributed by atoms with Gasteiger partial charge in [0.1, 0.15) is 12.4 Å². The molecule has 0 fully saturated rings. The first-order valence-corrected chi connectivity index (χ1v) is 8.02. The molecular weight excluding hydrogens is 348 g/mol. The third-order valence-corrected chi connectivity index (χ3v) is 4.00. The molecule has 27 heavy (non-hydrogen) atoms. The van der Waals surface area contributed by atoms with Gasteiger partial charge in [0.2, 0.25) is 5.95 Å². The molecule has 0 aliphatic rings. The largest absolute Gasteiger partial charge is 0.493 e. The van der Waals surface area contributed by atoms with Crippen molar-refractivity contribution in [1.29, 1.82) is 0 Å². The Labute approximate surface area is 153 Å². The summed E-state index contributed by atoms with van der Waals surface area (Å²) in [4.78, 5) is 18.5. The third kappa shape index (κ3) is 2.99. The van der Waals surface area contributed by atoms with Gasteiger partial charge >= 0.3 is 11.9 Å². The van der Waals surface area contributed by atoms with Crippen LogP contribution in [0.4, 0.5) is 11.9 Å². The molecule has 0 aliphatic heterocycles. The minimum absolute atomic E-state index is 0.0541. The maximum absolute atomic E-state index is 11.3. The Morgan fingerprint density at radius 3 is 2.07 bits per heavy atom. The van der Waals surface area contributed by atoms with Gasteiger partial charge in [0.25, 0.3) is 0 Å². The lowest BCUT2D eigenvalue weighted by atomic mass is 9.99. The Morgan fingerprint density at radius 1 is 1.00 bits per heavy atom. The number of hydrogen-bond acceptors (Lipinski definition) is 7. The first-order valence-electron chi connectivity index (χ1n) is 8.02. The van der Waals surface area contributed by atoms with E-state index in [4.69, 9.17) is 5.73 Å². The molecule has 4 aromatic rings. The minimum atomic E-state index is -0.653. The van der Waals surface area contributed by atoms with E-state index in [2.05, 4.69) is 20.2 Å². The summed E-state index contributed by atoms with van der Waals surface area (Å²) in [6, 6.07) is 18.5. The zero-order chi connectivity index (χ0) is 18.8. The van der Waals surface area contributed by atoms with Crippen molar-refractivity contribution < 1.29 is 4.92 Å². The molecule has 10 nitrogen and oxygen atoms in total. The van der Waals surface area contributed by atoms with Crippen molar-refractivity contribution in [3.63, 3.8) is 0 Å². The highest BCUT2D eigenvalue weighted by atomic mass is 16.6. The van der Waals surface area contributed by atoms with Crippen LogP contribution in [0.15, 0.2) is 67.0 Å². The van der Waals surface area contributed by atoms with E-state index in [1.54, 1.807) is 0 Å². The lowest BCUT2D eigenvalue weighted by Gasteiger charge is -2.17. The minimum Gasteiger partial charge on any atom is -0.390 e. The first-order chi connectivity index (χ1) is 13.1. The van der Waals surface area contributed by atoms with Crippen molar-refractivity contribution >= 4 is 11.9 Å². The van der Waals surface area contributed by atoms with Gasteiger partial charge in [-0.05, 0) is 21.0 Å². The van der Waals surface area contributed by atoms with Crippen molar-refractivity contribution in [1.82, 2.24) is 29.5 Å². The van der Waals surface area contributed by atoms with Crippen molar-refractivity contribution in [3.8, 4) is 5.95 Å². The van der Waals surface area contributed by atoms with Crippen LogP contribution in [0, 0.1) is 10.1 Å². The number of nitrogens with zero attached hydrogens (tertiary/aromatic N) is 7. The predicted octanol–water partition coefficient (Wildman–Crippen LogP) is 1.99. The number of nitrogen functional groups attached to an aromatic ring is 1. The molecular formula is C17H14N8O2. The topological polar surface area (TPSA) is 131 Å². The molecule has 10 heteroatoms. The smallest absolute Gasteiger partial charge is 0.390 e. The van der Waals surface area contributed by atoms with E-state index in [1.165, 1.54) is 15.7 Å². The maximum atomic E-state index is 11.3. The Morgan fingerprint density at radius 2 is 1.59 bits per heavy atom. The predicted molar refractivity (Wildman–Crippen MR) is 96.1 cm³/mol. The van der Waals surface area contributed by atoms with Crippen molar-refractivity contribution in [3.05, 3.63) is 88.2 Å². The number of nitrogens with two attached hydrogens (primary N) is 1. The van der Waals surface area contributed by atoms with Crippen LogP contribution in [0.3, 0.4) is 0 Å². The van der Waals surface area contributed by atoms with E-state index in [9.17, 15) is 10.1 Å². The van der Waals surface area contributed by atoms with Gasteiger partial charge in [0.05, 0.1) is 0 Å². The molecule has 2 aromatic heterocycles. The molecule has 0 unspecified atom stereocenters. The Hall–Kier alpha value is -4.08. The van der Waals surface area contributed by atoms with E-state index in [1.807, 2.05) is 60.7 Å². The van der Waals surface area contributed by atoms with Gasteiger partial charge < -0.3 is 15.8 Å². The number of anilines is 1. The highest BCUT2D eigenvalue weighted by molar-refractivity contribution is 5.36. The summed E-state index contributed by atoms with van der Waals surface area (Å²) in [6.45, 7) is 0. The molecule has 2 N–H and O–H groups in total. The maximum Gasteiger partial charge on any atom is 0.493 e. The molecule has 2 aromatic carbocycles. The Balaban J connectivity index is 1.98. The van der Waals surface area contributed by atoms with Crippen LogP contribution >= 0.6 is 0 Å². The van der Waals surface area contributed by atoms with Crippen molar-refractivity contribution in [2.24, 2.45) is 0 Å². The second-order valence-electron chi connectivity index (χ2n) is 5.67. The molecule has 4 rings (SSSR count). The highest BCUT2D eigenvalue weighted by Crippen LogP contribution is 2.29. The number of hydrogen-bond donors (Lipinski definition) is 1. The van der Waals surface area contributed by atoms with E-state index >= 15 is 0 Å². The summed E-state index contributed by atoms with van der Waals surface area (Å²) in [6.07, 6.45) is 1.25. The molecule has 134 valence electrons. The summed E-state index contributed by atoms with van der Waals surface area (Å²) >= 11 is 0. The van der Waals surface area contributed by atoms with Gasteiger partial charge in [-0.15, -0.1) is 14.5 Å². The summed E-state index contributed by atoms with van der Waals surface area (Å²) in [7, 11) is 0. The van der Waals surface area contributed by atoms with Gasteiger partial charge in [0, 0.05) is 5.10 Å². The quantitative estimate of drug-likeness (QED) is 0.424. The summed E-state index contributed by atoms with van der Waals surface area (Å²) in [5.41, 5.74) is 7.60. The van der Waals surface area contributed by atoms with Gasteiger partial charge in [-0.1, -0.05) is 60.7 Å². The van der Waals surface area contributed by atoms with Gasteiger partial charge in [-0.25, -0.2) is 0 Å². The first kappa shape index (κ1) is 16.4. The molecule has 0 saturated heterocycles. The highest BCUT2D eigenvalue weighted by Gasteiger charge is 2.31. The van der Waals surface area contributed by atoms with Crippen LogP contribution < -0.4 is 5.73 Å². The standard InChI is InChI=1S/C17H14N8O2/c18-15-19-11-20-24(15)17-21-16(25(26)27)22-23(17)14(12-7-3-1-4-8-12)13-9-5-2-6-10-13/h1-11,14H,(H2,18,19,20). The van der Waals surface area contributed by atoms with Crippen LogP contribution in [-0.2, 0) is 0 Å². The van der Waals surface area contributed by atoms with E-state index in [-0.39, 0.29) is 11.9 Å². The third-order valence-electron chi connectivity index (χ3n) is 4.00. The van der Waals surface area contributed by atoms with Gasteiger partial charge in [-0.3, -0.25) is 0 Å². The second kappa shape index (κ2) is 6.67. The molecule has 0 aliphatic carbocycles. The van der Waals surface area contributed by atoms with E-state index in [0.29, 0.717) is 0 Å². The SMILES string of the molecule is Nc1ncnn1-c1nc([N+](=O)[O-])nn1C(c1ccccc1)c1ccccc1. The fourth-order valence-electron chi connectivity index (χ4n) is 2.85. The monoisotopic (exact) mass is 362 g/mol. The Kier molecular flexibility index (Phi) is 4.05. The molecule has 0 amide bonds. The summed E-state index contributed by atoms with van der Waals surface area (Å²) in [5.74, 6) is -0.385. The van der Waals surface area contributed by atoms with Crippen molar-refractivity contribution in [2.45, 2.75) is 6.04 Å². The number of nitro groups is 1. The average molecular weight is 362 g/mol. The number of aromatic nitrogens is 6. The van der Waals surface area contributed by atoms with Crippen molar-refractivity contribution in [2.75, 3.05) is 5.73 Å². The van der Waals surface area contributed by atoms with E-state index < -0.39 is 16.9 Å².